The molecule has 1 amide bonds. The number of halogens is 2. The van der Waals surface area contributed by atoms with Gasteiger partial charge in [-0.2, -0.15) is 0 Å². The normalized spacial score (nSPS) is 23.0. The molecule has 2 aliphatic carbocycles. The molecule has 3 fully saturated rings. The first-order valence-corrected chi connectivity index (χ1v) is 13.4. The third kappa shape index (κ3) is 4.52. The molecule has 6 rings (SSSR count). The zero-order valence-corrected chi connectivity index (χ0v) is 21.6. The average Bonchev–Trinajstić information content (AvgIpc) is 3.33. The number of hydrogen-bond donors (Lipinski definition) is 2. The molecular formula is C30H35F2N3O2. The van der Waals surface area contributed by atoms with Crippen LogP contribution in [0.2, 0.25) is 0 Å². The number of methoxy groups -OCH3 is 1. The number of alkyl halides is 2. The number of aromatic nitrogens is 1. The van der Waals surface area contributed by atoms with Gasteiger partial charge in [-0.05, 0) is 86.4 Å². The van der Waals surface area contributed by atoms with E-state index in [0.717, 1.165) is 59.2 Å². The van der Waals surface area contributed by atoms with Crippen LogP contribution in [0.4, 0.5) is 8.78 Å². The third-order valence-electron chi connectivity index (χ3n) is 8.95. The molecule has 2 saturated carbocycles. The van der Waals surface area contributed by atoms with E-state index in [-0.39, 0.29) is 36.2 Å². The largest absolute Gasteiger partial charge is 0.496 e. The van der Waals surface area contributed by atoms with Gasteiger partial charge in [0, 0.05) is 59.7 Å². The second kappa shape index (κ2) is 9.12. The molecule has 37 heavy (non-hydrogen) atoms. The van der Waals surface area contributed by atoms with E-state index in [4.69, 9.17) is 4.74 Å². The lowest BCUT2D eigenvalue weighted by Crippen LogP contribution is -2.53. The van der Waals surface area contributed by atoms with E-state index in [9.17, 15) is 13.6 Å². The van der Waals surface area contributed by atoms with Crippen LogP contribution in [0.25, 0.3) is 10.9 Å². The van der Waals surface area contributed by atoms with Crippen molar-refractivity contribution in [2.45, 2.75) is 76.4 Å². The van der Waals surface area contributed by atoms with Gasteiger partial charge >= 0.3 is 0 Å². The zero-order chi connectivity index (χ0) is 25.8. The van der Waals surface area contributed by atoms with E-state index in [1.54, 1.807) is 7.11 Å². The van der Waals surface area contributed by atoms with Crippen LogP contribution in [0.1, 0.15) is 78.0 Å². The number of carbonyl (C=O) groups excluding carboxylic acids is 1. The Hall–Kier alpha value is -2.93. The standard InChI is InChI=1S/C30H35F2N3O2/c1-19-14-26(37-2)24(23-10-12-33-27(19)23)16-35-13-11-29(17-30(31,32)18-29)15-25(35)20-6-8-21(9-7-20)28(36)34-22-4-3-5-22/h6-10,12,14,22,25,33H,3-5,11,13,15-18H2,1-2H3,(H,34,36). The van der Waals surface area contributed by atoms with E-state index in [1.807, 2.05) is 30.5 Å². The van der Waals surface area contributed by atoms with Crippen molar-refractivity contribution in [3.05, 3.63) is 64.8 Å². The van der Waals surface area contributed by atoms with Crippen molar-refractivity contribution in [3.8, 4) is 5.75 Å². The number of likely N-dealkylation sites (tertiary alicyclic amines) is 1. The Bertz CT molecular complexity index is 1300. The molecule has 1 aromatic heterocycles. The second-order valence-corrected chi connectivity index (χ2v) is 11.5. The number of aryl methyl sites for hydroxylation is 1. The van der Waals surface area contributed by atoms with Crippen LogP contribution in [-0.2, 0) is 6.54 Å². The van der Waals surface area contributed by atoms with E-state index in [1.165, 1.54) is 6.42 Å². The highest BCUT2D eigenvalue weighted by Gasteiger charge is 2.58. The number of H-pyrrole nitrogens is 1. The number of nitrogens with one attached hydrogen (secondary N) is 2. The maximum Gasteiger partial charge on any atom is 0.251 e. The van der Waals surface area contributed by atoms with Gasteiger partial charge in [0.15, 0.2) is 0 Å². The van der Waals surface area contributed by atoms with Crippen molar-refractivity contribution in [2.75, 3.05) is 13.7 Å². The van der Waals surface area contributed by atoms with E-state index >= 15 is 0 Å². The highest BCUT2D eigenvalue weighted by molar-refractivity contribution is 5.94. The molecule has 2 aromatic carbocycles. The van der Waals surface area contributed by atoms with Gasteiger partial charge < -0.3 is 15.0 Å². The first-order valence-electron chi connectivity index (χ1n) is 13.4. The van der Waals surface area contributed by atoms with Gasteiger partial charge in [0.25, 0.3) is 5.91 Å². The molecule has 1 aliphatic heterocycles. The monoisotopic (exact) mass is 507 g/mol. The summed E-state index contributed by atoms with van der Waals surface area (Å²) < 4.78 is 33.8. The number of fused-ring (bicyclic) bond motifs is 1. The Balaban J connectivity index is 1.29. The SMILES string of the molecule is COc1cc(C)c2[nH]ccc2c1CN1CCC2(CC1c1ccc(C(=O)NC3CCC3)cc1)CC(F)(F)C2. The predicted octanol–water partition coefficient (Wildman–Crippen LogP) is 6.52. The first-order chi connectivity index (χ1) is 17.8. The Morgan fingerprint density at radius 2 is 1.95 bits per heavy atom. The van der Waals surface area contributed by atoms with Crippen molar-refractivity contribution in [3.63, 3.8) is 0 Å². The number of hydrogen-bond acceptors (Lipinski definition) is 3. The van der Waals surface area contributed by atoms with Crippen LogP contribution < -0.4 is 10.1 Å². The van der Waals surface area contributed by atoms with Gasteiger partial charge in [0.1, 0.15) is 5.75 Å². The fraction of sp³-hybridized carbons (Fsp3) is 0.500. The summed E-state index contributed by atoms with van der Waals surface area (Å²) in [6, 6.07) is 12.2. The maximum absolute atomic E-state index is 14.0. The lowest BCUT2D eigenvalue weighted by atomic mass is 9.59. The molecule has 5 nitrogen and oxygen atoms in total. The van der Waals surface area contributed by atoms with Gasteiger partial charge in [-0.15, -0.1) is 0 Å². The molecule has 0 bridgehead atoms. The highest BCUT2D eigenvalue weighted by atomic mass is 19.3. The number of rotatable bonds is 6. The van der Waals surface area contributed by atoms with Crippen LogP contribution in [-0.4, -0.2) is 41.4 Å². The number of amides is 1. The number of piperidine rings is 1. The number of ether oxygens (including phenoxy) is 1. The number of carbonyl (C=O) groups is 1. The van der Waals surface area contributed by atoms with Crippen molar-refractivity contribution < 1.29 is 18.3 Å². The van der Waals surface area contributed by atoms with E-state index in [2.05, 4.69) is 34.3 Å². The molecule has 3 aromatic rings. The topological polar surface area (TPSA) is 57.4 Å². The fourth-order valence-electron chi connectivity index (χ4n) is 6.72. The summed E-state index contributed by atoms with van der Waals surface area (Å²) in [6.07, 6.45) is 6.63. The summed E-state index contributed by atoms with van der Waals surface area (Å²) in [4.78, 5) is 18.4. The summed E-state index contributed by atoms with van der Waals surface area (Å²) >= 11 is 0. The van der Waals surface area contributed by atoms with E-state index in [0.29, 0.717) is 18.5 Å². The number of aromatic amines is 1. The van der Waals surface area contributed by atoms with Crippen LogP contribution in [0.3, 0.4) is 0 Å². The predicted molar refractivity (Wildman–Crippen MR) is 140 cm³/mol. The Morgan fingerprint density at radius 3 is 2.59 bits per heavy atom. The van der Waals surface area contributed by atoms with Gasteiger partial charge in [-0.1, -0.05) is 12.1 Å². The molecule has 0 radical (unpaired) electrons. The smallest absolute Gasteiger partial charge is 0.251 e. The number of nitrogens with zero attached hydrogens (tertiary/aromatic N) is 1. The van der Waals surface area contributed by atoms with Gasteiger partial charge in [-0.25, -0.2) is 8.78 Å². The van der Waals surface area contributed by atoms with E-state index < -0.39 is 5.92 Å². The molecule has 1 atom stereocenters. The van der Waals surface area contributed by atoms with Crippen LogP contribution >= 0.6 is 0 Å². The summed E-state index contributed by atoms with van der Waals surface area (Å²) in [5, 5.41) is 4.23. The number of benzene rings is 2. The zero-order valence-electron chi connectivity index (χ0n) is 21.6. The van der Waals surface area contributed by atoms with Crippen molar-refractivity contribution >= 4 is 16.8 Å². The summed E-state index contributed by atoms with van der Waals surface area (Å²) in [5.41, 5.74) is 4.75. The van der Waals surface area contributed by atoms with Crippen molar-refractivity contribution in [1.29, 1.82) is 0 Å². The van der Waals surface area contributed by atoms with Crippen LogP contribution in [0, 0.1) is 12.3 Å². The lowest BCUT2D eigenvalue weighted by molar-refractivity contribution is -0.186. The van der Waals surface area contributed by atoms with Gasteiger partial charge in [0.05, 0.1) is 7.11 Å². The maximum atomic E-state index is 14.0. The molecule has 3 aliphatic rings. The molecule has 1 saturated heterocycles. The molecule has 196 valence electrons. The second-order valence-electron chi connectivity index (χ2n) is 11.5. The minimum Gasteiger partial charge on any atom is -0.496 e. The van der Waals surface area contributed by atoms with Crippen molar-refractivity contribution in [2.24, 2.45) is 5.41 Å². The molecular weight excluding hydrogens is 472 g/mol. The first kappa shape index (κ1) is 24.4. The molecule has 7 heteroatoms. The summed E-state index contributed by atoms with van der Waals surface area (Å²) in [7, 11) is 1.70. The van der Waals surface area contributed by atoms with Gasteiger partial charge in [-0.3, -0.25) is 9.69 Å². The fourth-order valence-corrected chi connectivity index (χ4v) is 6.72. The highest BCUT2D eigenvalue weighted by Crippen LogP contribution is 2.60. The minimum atomic E-state index is -2.55. The average molecular weight is 508 g/mol. The summed E-state index contributed by atoms with van der Waals surface area (Å²) in [6.45, 7) is 3.48. The Morgan fingerprint density at radius 1 is 1.19 bits per heavy atom. The van der Waals surface area contributed by atoms with Crippen molar-refractivity contribution in [1.82, 2.24) is 15.2 Å². The molecule has 1 unspecified atom stereocenters. The quantitative estimate of drug-likeness (QED) is 0.399. The lowest BCUT2D eigenvalue weighted by Gasteiger charge is -2.54. The van der Waals surface area contributed by atoms with Crippen LogP contribution in [0.5, 0.6) is 5.75 Å². The Kier molecular flexibility index (Phi) is 6.02. The third-order valence-corrected chi connectivity index (χ3v) is 8.95. The summed E-state index contributed by atoms with van der Waals surface area (Å²) in [5.74, 6) is -1.74. The molecule has 1 spiro atoms. The van der Waals surface area contributed by atoms with Gasteiger partial charge in [0.2, 0.25) is 5.92 Å². The minimum absolute atomic E-state index is 0.00593. The molecule has 2 N–H and O–H groups in total. The molecule has 2 heterocycles. The van der Waals surface area contributed by atoms with Crippen LogP contribution in [0.15, 0.2) is 42.6 Å². The Labute approximate surface area is 216 Å².